The number of sulfonamides is 1. The average Bonchev–Trinajstić information content (AvgIpc) is 3.12. The first-order valence-electron chi connectivity index (χ1n) is 10.7. The summed E-state index contributed by atoms with van der Waals surface area (Å²) in [7, 11) is -2.29. The molecule has 1 amide bonds. The van der Waals surface area contributed by atoms with Gasteiger partial charge in [0.15, 0.2) is 6.61 Å². The summed E-state index contributed by atoms with van der Waals surface area (Å²) in [6.07, 6.45) is 3.52. The number of carbonyl (C=O) groups excluding carboxylic acids is 2. The van der Waals surface area contributed by atoms with Gasteiger partial charge in [-0.15, -0.1) is 0 Å². The second kappa shape index (κ2) is 11.5. The maximum Gasteiger partial charge on any atom is 0.338 e. The van der Waals surface area contributed by atoms with Crippen LogP contribution in [0.4, 0.5) is 0 Å². The molecule has 1 heterocycles. The largest absolute Gasteiger partial charge is 0.497 e. The lowest BCUT2D eigenvalue weighted by Gasteiger charge is -2.21. The predicted octanol–water partition coefficient (Wildman–Crippen LogP) is 3.39. The number of benzene rings is 2. The molecule has 2 aromatic carbocycles. The first-order chi connectivity index (χ1) is 15.8. The van der Waals surface area contributed by atoms with Crippen molar-refractivity contribution in [3.8, 4) is 5.75 Å². The van der Waals surface area contributed by atoms with Gasteiger partial charge in [-0.3, -0.25) is 4.79 Å². The van der Waals surface area contributed by atoms with Crippen LogP contribution in [-0.4, -0.2) is 51.4 Å². The van der Waals surface area contributed by atoms with Crippen LogP contribution in [0.25, 0.3) is 0 Å². The van der Waals surface area contributed by atoms with Crippen molar-refractivity contribution in [1.82, 2.24) is 9.62 Å². The second-order valence-electron chi connectivity index (χ2n) is 7.67. The fourth-order valence-corrected chi connectivity index (χ4v) is 5.52. The van der Waals surface area contributed by atoms with Crippen molar-refractivity contribution < 1.29 is 27.5 Å². The predicted molar refractivity (Wildman–Crippen MR) is 124 cm³/mol. The summed E-state index contributed by atoms with van der Waals surface area (Å²) in [4.78, 5) is 24.4. The summed E-state index contributed by atoms with van der Waals surface area (Å²) < 4.78 is 37.8. The van der Waals surface area contributed by atoms with Crippen molar-refractivity contribution >= 4 is 33.5 Å². The number of hydrogen-bond donors (Lipinski definition) is 1. The minimum absolute atomic E-state index is 0.00777. The molecule has 1 saturated heterocycles. The van der Waals surface area contributed by atoms with Gasteiger partial charge in [0.1, 0.15) is 10.6 Å². The van der Waals surface area contributed by atoms with Gasteiger partial charge < -0.3 is 14.8 Å². The van der Waals surface area contributed by atoms with Gasteiger partial charge >= 0.3 is 5.97 Å². The van der Waals surface area contributed by atoms with E-state index in [1.165, 1.54) is 22.5 Å². The zero-order valence-corrected chi connectivity index (χ0v) is 20.0. The molecule has 0 aliphatic carbocycles. The van der Waals surface area contributed by atoms with Gasteiger partial charge in [-0.1, -0.05) is 36.6 Å². The van der Waals surface area contributed by atoms with Crippen LogP contribution >= 0.6 is 11.6 Å². The fraction of sp³-hybridized carbons (Fsp3) is 0.391. The van der Waals surface area contributed by atoms with Crippen molar-refractivity contribution in [2.75, 3.05) is 26.8 Å². The van der Waals surface area contributed by atoms with Crippen molar-refractivity contribution in [3.05, 3.63) is 58.6 Å². The Labute approximate surface area is 198 Å². The van der Waals surface area contributed by atoms with E-state index < -0.39 is 28.5 Å². The topological polar surface area (TPSA) is 102 Å². The number of methoxy groups -OCH3 is 1. The fourth-order valence-electron chi connectivity index (χ4n) is 3.50. The van der Waals surface area contributed by atoms with Crippen LogP contribution in [0.5, 0.6) is 5.75 Å². The Balaban J connectivity index is 1.61. The lowest BCUT2D eigenvalue weighted by Crippen LogP contribution is -2.32. The summed E-state index contributed by atoms with van der Waals surface area (Å²) >= 11 is 6.16. The van der Waals surface area contributed by atoms with Gasteiger partial charge in [0, 0.05) is 19.6 Å². The third-order valence-corrected chi connectivity index (χ3v) is 7.69. The molecule has 2 aromatic rings. The first kappa shape index (κ1) is 25.0. The highest BCUT2D eigenvalue weighted by atomic mass is 35.5. The highest BCUT2D eigenvalue weighted by molar-refractivity contribution is 7.89. The van der Waals surface area contributed by atoms with E-state index in [-0.39, 0.29) is 22.0 Å². The Morgan fingerprint density at radius 3 is 2.48 bits per heavy atom. The molecule has 0 radical (unpaired) electrons. The van der Waals surface area contributed by atoms with Crippen LogP contribution < -0.4 is 10.1 Å². The van der Waals surface area contributed by atoms with Crippen molar-refractivity contribution in [2.45, 2.75) is 37.1 Å². The lowest BCUT2D eigenvalue weighted by atomic mass is 10.2. The monoisotopic (exact) mass is 494 g/mol. The molecule has 1 aliphatic heterocycles. The van der Waals surface area contributed by atoms with Crippen LogP contribution in [0.15, 0.2) is 47.4 Å². The van der Waals surface area contributed by atoms with E-state index in [1.807, 2.05) is 6.07 Å². The first-order valence-corrected chi connectivity index (χ1v) is 12.5. The Kier molecular flexibility index (Phi) is 8.71. The quantitative estimate of drug-likeness (QED) is 0.564. The number of rotatable bonds is 8. The van der Waals surface area contributed by atoms with Crippen LogP contribution in [0.3, 0.4) is 0 Å². The molecule has 3 rings (SSSR count). The SMILES string of the molecule is COc1cccc(CNC(=O)COC(=O)c2ccc(Cl)c(S(=O)(=O)N3CCCCCC3)c2)c1. The smallest absolute Gasteiger partial charge is 0.338 e. The normalized spacial score (nSPS) is 14.8. The lowest BCUT2D eigenvalue weighted by molar-refractivity contribution is -0.124. The van der Waals surface area contributed by atoms with Crippen LogP contribution in [-0.2, 0) is 26.1 Å². The van der Waals surface area contributed by atoms with Crippen molar-refractivity contribution in [2.24, 2.45) is 0 Å². The summed E-state index contributed by atoms with van der Waals surface area (Å²) in [5, 5.41) is 2.69. The van der Waals surface area contributed by atoms with Crippen molar-refractivity contribution in [3.63, 3.8) is 0 Å². The molecule has 1 aliphatic rings. The van der Waals surface area contributed by atoms with Gasteiger partial charge in [-0.2, -0.15) is 4.31 Å². The molecule has 178 valence electrons. The number of carbonyl (C=O) groups is 2. The number of ether oxygens (including phenoxy) is 2. The van der Waals surface area contributed by atoms with Gasteiger partial charge in [0.2, 0.25) is 10.0 Å². The number of nitrogens with one attached hydrogen (secondary N) is 1. The minimum atomic E-state index is -3.84. The molecule has 0 aromatic heterocycles. The maximum absolute atomic E-state index is 13.1. The van der Waals surface area contributed by atoms with E-state index in [2.05, 4.69) is 5.32 Å². The molecule has 0 bridgehead atoms. The molecule has 33 heavy (non-hydrogen) atoms. The summed E-state index contributed by atoms with van der Waals surface area (Å²) in [5.41, 5.74) is 0.837. The minimum Gasteiger partial charge on any atom is -0.497 e. The van der Waals surface area contributed by atoms with Gasteiger partial charge in [-0.05, 0) is 48.7 Å². The summed E-state index contributed by atoms with van der Waals surface area (Å²) in [5.74, 6) is -0.630. The Bertz CT molecular complexity index is 1100. The van der Waals surface area contributed by atoms with Gasteiger partial charge in [-0.25, -0.2) is 13.2 Å². The molecule has 0 spiro atoms. The highest BCUT2D eigenvalue weighted by Crippen LogP contribution is 2.28. The molecule has 1 N–H and O–H groups in total. The zero-order chi connectivity index (χ0) is 23.8. The third kappa shape index (κ3) is 6.69. The van der Waals surface area contributed by atoms with Crippen molar-refractivity contribution in [1.29, 1.82) is 0 Å². The molecule has 10 heteroatoms. The molecule has 8 nitrogen and oxygen atoms in total. The standard InChI is InChI=1S/C23H27ClN2O6S/c1-31-19-8-6-7-17(13-19)15-25-22(27)16-32-23(28)18-9-10-20(24)21(14-18)33(29,30)26-11-4-2-3-5-12-26/h6-10,13-14H,2-5,11-12,15-16H2,1H3,(H,25,27). The molecular formula is C23H27ClN2O6S. The van der Waals surface area contributed by atoms with Crippen LogP contribution in [0.2, 0.25) is 5.02 Å². The number of halogens is 1. The number of hydrogen-bond acceptors (Lipinski definition) is 6. The molecule has 1 fully saturated rings. The van der Waals surface area contributed by atoms with Gasteiger partial charge in [0.05, 0.1) is 17.7 Å². The molecule has 0 unspecified atom stereocenters. The van der Waals surface area contributed by atoms with E-state index in [4.69, 9.17) is 21.1 Å². The number of nitrogens with zero attached hydrogens (tertiary/aromatic N) is 1. The van der Waals surface area contributed by atoms with E-state index in [0.29, 0.717) is 18.8 Å². The van der Waals surface area contributed by atoms with E-state index >= 15 is 0 Å². The van der Waals surface area contributed by atoms with E-state index in [0.717, 1.165) is 31.2 Å². The number of esters is 1. The average molecular weight is 495 g/mol. The summed E-state index contributed by atoms with van der Waals surface area (Å²) in [6.45, 7) is 0.577. The van der Waals surface area contributed by atoms with Crippen LogP contribution in [0.1, 0.15) is 41.6 Å². The second-order valence-corrected chi connectivity index (χ2v) is 9.98. The van der Waals surface area contributed by atoms with Crippen LogP contribution in [0, 0.1) is 0 Å². The van der Waals surface area contributed by atoms with E-state index in [9.17, 15) is 18.0 Å². The summed E-state index contributed by atoms with van der Waals surface area (Å²) in [6, 6.07) is 11.1. The molecular weight excluding hydrogens is 468 g/mol. The Morgan fingerprint density at radius 1 is 1.06 bits per heavy atom. The van der Waals surface area contributed by atoms with Gasteiger partial charge in [0.25, 0.3) is 5.91 Å². The third-order valence-electron chi connectivity index (χ3n) is 5.31. The highest BCUT2D eigenvalue weighted by Gasteiger charge is 2.28. The molecule has 0 saturated carbocycles. The Morgan fingerprint density at radius 2 is 1.79 bits per heavy atom. The maximum atomic E-state index is 13.1. The van der Waals surface area contributed by atoms with E-state index in [1.54, 1.807) is 25.3 Å². The molecule has 0 atom stereocenters. The Hall–Kier alpha value is -2.62. The number of amides is 1. The zero-order valence-electron chi connectivity index (χ0n) is 18.4.